The molecule has 0 bridgehead atoms. The topological polar surface area (TPSA) is 75.4 Å². The highest BCUT2D eigenvalue weighted by atomic mass is 19.4. The Hall–Kier alpha value is -1.83. The lowest BCUT2D eigenvalue weighted by Gasteiger charge is -2.17. The summed E-state index contributed by atoms with van der Waals surface area (Å²) in [6.45, 7) is 1.70. The van der Waals surface area contributed by atoms with Gasteiger partial charge in [0.1, 0.15) is 5.69 Å². The van der Waals surface area contributed by atoms with Crippen LogP contribution in [0.3, 0.4) is 0 Å². The third-order valence-electron chi connectivity index (χ3n) is 2.85. The standard InChI is InChI=1S/C12H15F3N2O3/c1-2-9(5-6-18)16-10-4-3-8(12(13,14)15)7-11(10)17(19)20/h3-4,7,9,16,18H,2,5-6H2,1H3. The zero-order valence-electron chi connectivity index (χ0n) is 10.8. The summed E-state index contributed by atoms with van der Waals surface area (Å²) in [5, 5.41) is 22.5. The maximum absolute atomic E-state index is 12.5. The van der Waals surface area contributed by atoms with Crippen LogP contribution in [-0.4, -0.2) is 22.7 Å². The minimum Gasteiger partial charge on any atom is -0.396 e. The first-order valence-corrected chi connectivity index (χ1v) is 6.02. The maximum atomic E-state index is 12.5. The fourth-order valence-electron chi connectivity index (χ4n) is 1.74. The molecule has 112 valence electrons. The number of nitro groups is 1. The van der Waals surface area contributed by atoms with Crippen molar-refractivity contribution in [2.45, 2.75) is 32.0 Å². The van der Waals surface area contributed by atoms with E-state index >= 15 is 0 Å². The predicted octanol–water partition coefficient (Wildman–Crippen LogP) is 3.19. The molecule has 0 aliphatic carbocycles. The summed E-state index contributed by atoms with van der Waals surface area (Å²) in [6.07, 6.45) is -3.69. The molecule has 0 saturated heterocycles. The third-order valence-corrected chi connectivity index (χ3v) is 2.85. The van der Waals surface area contributed by atoms with Crippen molar-refractivity contribution in [2.75, 3.05) is 11.9 Å². The van der Waals surface area contributed by atoms with Crippen LogP contribution >= 0.6 is 0 Å². The molecule has 0 heterocycles. The van der Waals surface area contributed by atoms with Crippen LogP contribution in [0.2, 0.25) is 0 Å². The Labute approximate surface area is 113 Å². The second-order valence-corrected chi connectivity index (χ2v) is 4.25. The molecule has 0 fully saturated rings. The van der Waals surface area contributed by atoms with Crippen molar-refractivity contribution in [3.05, 3.63) is 33.9 Å². The molecule has 20 heavy (non-hydrogen) atoms. The monoisotopic (exact) mass is 292 g/mol. The molecule has 1 atom stereocenters. The molecule has 0 aliphatic rings. The second-order valence-electron chi connectivity index (χ2n) is 4.25. The van der Waals surface area contributed by atoms with Gasteiger partial charge in [-0.25, -0.2) is 0 Å². The molecule has 0 aromatic heterocycles. The number of aliphatic hydroxyl groups excluding tert-OH is 1. The van der Waals surface area contributed by atoms with Crippen LogP contribution < -0.4 is 5.32 Å². The van der Waals surface area contributed by atoms with Crippen molar-refractivity contribution < 1.29 is 23.2 Å². The van der Waals surface area contributed by atoms with E-state index in [1.54, 1.807) is 0 Å². The Morgan fingerprint density at radius 2 is 2.10 bits per heavy atom. The molecule has 0 aliphatic heterocycles. The van der Waals surface area contributed by atoms with Gasteiger partial charge >= 0.3 is 6.18 Å². The van der Waals surface area contributed by atoms with Gasteiger partial charge in [-0.3, -0.25) is 10.1 Å². The van der Waals surface area contributed by atoms with Gasteiger partial charge < -0.3 is 10.4 Å². The molecular formula is C12H15F3N2O3. The van der Waals surface area contributed by atoms with E-state index in [2.05, 4.69) is 5.32 Å². The highest BCUT2D eigenvalue weighted by molar-refractivity contribution is 5.63. The lowest BCUT2D eigenvalue weighted by Crippen LogP contribution is -2.20. The molecule has 1 unspecified atom stereocenters. The van der Waals surface area contributed by atoms with Crippen LogP contribution in [0.5, 0.6) is 0 Å². The Balaban J connectivity index is 3.10. The molecule has 8 heteroatoms. The number of halogens is 3. The molecule has 0 saturated carbocycles. The van der Waals surface area contributed by atoms with Gasteiger partial charge in [-0.1, -0.05) is 6.92 Å². The van der Waals surface area contributed by atoms with E-state index in [0.29, 0.717) is 18.9 Å². The lowest BCUT2D eigenvalue weighted by molar-refractivity contribution is -0.384. The van der Waals surface area contributed by atoms with Crippen molar-refractivity contribution in [1.82, 2.24) is 0 Å². The lowest BCUT2D eigenvalue weighted by atomic mass is 10.1. The average molecular weight is 292 g/mol. The molecule has 0 radical (unpaired) electrons. The summed E-state index contributed by atoms with van der Waals surface area (Å²) < 4.78 is 37.6. The van der Waals surface area contributed by atoms with Gasteiger partial charge in [-0.05, 0) is 25.0 Å². The summed E-state index contributed by atoms with van der Waals surface area (Å²) in [6, 6.07) is 2.10. The molecule has 1 aromatic carbocycles. The van der Waals surface area contributed by atoms with Crippen LogP contribution in [0, 0.1) is 10.1 Å². The van der Waals surface area contributed by atoms with E-state index < -0.39 is 22.4 Å². The Bertz CT molecular complexity index is 478. The zero-order valence-corrected chi connectivity index (χ0v) is 10.8. The Morgan fingerprint density at radius 3 is 2.55 bits per heavy atom. The number of rotatable bonds is 6. The summed E-state index contributed by atoms with van der Waals surface area (Å²) >= 11 is 0. The molecule has 5 nitrogen and oxygen atoms in total. The molecule has 0 spiro atoms. The minimum atomic E-state index is -4.63. The number of aliphatic hydroxyl groups is 1. The normalized spacial score (nSPS) is 13.1. The summed E-state index contributed by atoms with van der Waals surface area (Å²) in [7, 11) is 0. The smallest absolute Gasteiger partial charge is 0.396 e. The average Bonchev–Trinajstić information content (AvgIpc) is 2.36. The Morgan fingerprint density at radius 1 is 1.45 bits per heavy atom. The van der Waals surface area contributed by atoms with E-state index in [9.17, 15) is 23.3 Å². The van der Waals surface area contributed by atoms with E-state index in [-0.39, 0.29) is 18.3 Å². The van der Waals surface area contributed by atoms with Crippen LogP contribution in [0.1, 0.15) is 25.3 Å². The highest BCUT2D eigenvalue weighted by Crippen LogP contribution is 2.35. The zero-order chi connectivity index (χ0) is 15.3. The van der Waals surface area contributed by atoms with Gasteiger partial charge in [-0.15, -0.1) is 0 Å². The largest absolute Gasteiger partial charge is 0.416 e. The van der Waals surface area contributed by atoms with Gasteiger partial charge in [0.2, 0.25) is 0 Å². The molecule has 1 aromatic rings. The van der Waals surface area contributed by atoms with Crippen LogP contribution in [-0.2, 0) is 6.18 Å². The van der Waals surface area contributed by atoms with E-state index in [1.165, 1.54) is 0 Å². The fraction of sp³-hybridized carbons (Fsp3) is 0.500. The first kappa shape index (κ1) is 16.2. The number of benzene rings is 1. The number of nitrogens with one attached hydrogen (secondary N) is 1. The minimum absolute atomic E-state index is 0.0169. The van der Waals surface area contributed by atoms with Gasteiger partial charge in [0, 0.05) is 18.7 Å². The van der Waals surface area contributed by atoms with Gasteiger partial charge in [0.15, 0.2) is 0 Å². The molecule has 0 amide bonds. The fourth-order valence-corrected chi connectivity index (χ4v) is 1.74. The highest BCUT2D eigenvalue weighted by Gasteiger charge is 2.33. The second kappa shape index (κ2) is 6.56. The van der Waals surface area contributed by atoms with Crippen molar-refractivity contribution in [2.24, 2.45) is 0 Å². The van der Waals surface area contributed by atoms with Gasteiger partial charge in [0.25, 0.3) is 5.69 Å². The van der Waals surface area contributed by atoms with Crippen LogP contribution in [0.4, 0.5) is 24.5 Å². The van der Waals surface area contributed by atoms with E-state index in [4.69, 9.17) is 5.11 Å². The van der Waals surface area contributed by atoms with Gasteiger partial charge in [0.05, 0.1) is 10.5 Å². The molecule has 2 N–H and O–H groups in total. The SMILES string of the molecule is CCC(CCO)Nc1ccc(C(F)(F)F)cc1[N+](=O)[O-]. The number of hydrogen-bond donors (Lipinski definition) is 2. The molecule has 1 rings (SSSR count). The first-order chi connectivity index (χ1) is 9.29. The number of anilines is 1. The first-order valence-electron chi connectivity index (χ1n) is 6.02. The van der Waals surface area contributed by atoms with E-state index in [0.717, 1.165) is 12.1 Å². The van der Waals surface area contributed by atoms with Crippen molar-refractivity contribution in [3.8, 4) is 0 Å². The Kier molecular flexibility index (Phi) is 5.32. The van der Waals surface area contributed by atoms with Crippen LogP contribution in [0.25, 0.3) is 0 Å². The molecular weight excluding hydrogens is 277 g/mol. The maximum Gasteiger partial charge on any atom is 0.416 e. The number of alkyl halides is 3. The summed E-state index contributed by atoms with van der Waals surface area (Å²) in [5.41, 5.74) is -1.68. The van der Waals surface area contributed by atoms with Crippen molar-refractivity contribution in [1.29, 1.82) is 0 Å². The summed E-state index contributed by atoms with van der Waals surface area (Å²) in [5.74, 6) is 0. The summed E-state index contributed by atoms with van der Waals surface area (Å²) in [4.78, 5) is 10.0. The van der Waals surface area contributed by atoms with Crippen molar-refractivity contribution in [3.63, 3.8) is 0 Å². The van der Waals surface area contributed by atoms with Gasteiger partial charge in [-0.2, -0.15) is 13.2 Å². The van der Waals surface area contributed by atoms with E-state index in [1.807, 2.05) is 6.92 Å². The number of nitrogens with zero attached hydrogens (tertiary/aromatic N) is 1. The third kappa shape index (κ3) is 4.09. The number of hydrogen-bond acceptors (Lipinski definition) is 4. The number of nitro benzene ring substituents is 1. The predicted molar refractivity (Wildman–Crippen MR) is 67.5 cm³/mol. The van der Waals surface area contributed by atoms with Crippen LogP contribution in [0.15, 0.2) is 18.2 Å². The quantitative estimate of drug-likeness (QED) is 0.623. The van der Waals surface area contributed by atoms with Crippen molar-refractivity contribution >= 4 is 11.4 Å².